The van der Waals surface area contributed by atoms with Gasteiger partial charge in [0.25, 0.3) is 5.91 Å². The lowest BCUT2D eigenvalue weighted by molar-refractivity contribution is -0.124. The van der Waals surface area contributed by atoms with E-state index >= 15 is 0 Å². The maximum Gasteiger partial charge on any atom is 0.267 e. The molecule has 0 bridgehead atoms. The summed E-state index contributed by atoms with van der Waals surface area (Å²) in [5.74, 6) is 0.0827. The van der Waals surface area contributed by atoms with E-state index < -0.39 is 0 Å². The van der Waals surface area contributed by atoms with Crippen LogP contribution in [0.15, 0.2) is 52.6 Å². The number of thioether (sulfide) groups is 1. The molecule has 144 valence electrons. The first-order valence-corrected chi connectivity index (χ1v) is 10.5. The fourth-order valence-electron chi connectivity index (χ4n) is 3.54. The highest BCUT2D eigenvalue weighted by Gasteiger charge is 2.38. The number of phenols is 1. The zero-order chi connectivity index (χ0) is 19.5. The van der Waals surface area contributed by atoms with Crippen LogP contribution in [-0.2, 0) is 4.79 Å². The van der Waals surface area contributed by atoms with Crippen LogP contribution in [0, 0.1) is 0 Å². The smallest absolute Gasteiger partial charge is 0.267 e. The van der Waals surface area contributed by atoms with Gasteiger partial charge in [0, 0.05) is 24.0 Å². The van der Waals surface area contributed by atoms with Crippen LogP contribution in [-0.4, -0.2) is 32.1 Å². The molecule has 1 saturated heterocycles. The van der Waals surface area contributed by atoms with E-state index in [1.165, 1.54) is 18.2 Å². The van der Waals surface area contributed by atoms with Gasteiger partial charge in [-0.25, -0.2) is 4.99 Å². The maximum absolute atomic E-state index is 13.2. The molecule has 2 heterocycles. The molecule has 0 atom stereocenters. The number of pyridine rings is 1. The predicted octanol–water partition coefficient (Wildman–Crippen LogP) is 5.38. The highest BCUT2D eigenvalue weighted by Crippen LogP contribution is 2.39. The minimum atomic E-state index is -0.0657. The Balaban J connectivity index is 1.73. The molecule has 1 saturated carbocycles. The molecule has 28 heavy (non-hydrogen) atoms. The average molecular weight is 414 g/mol. The molecule has 1 aromatic heterocycles. The van der Waals surface area contributed by atoms with Gasteiger partial charge in [0.15, 0.2) is 5.17 Å². The van der Waals surface area contributed by atoms with Gasteiger partial charge in [-0.2, -0.15) is 0 Å². The first kappa shape index (κ1) is 19.0. The van der Waals surface area contributed by atoms with Crippen molar-refractivity contribution in [3.05, 3.63) is 58.2 Å². The fourth-order valence-corrected chi connectivity index (χ4v) is 4.74. The molecule has 0 radical (unpaired) electrons. The van der Waals surface area contributed by atoms with Gasteiger partial charge in [-0.3, -0.25) is 14.7 Å². The molecule has 1 aliphatic heterocycles. The van der Waals surface area contributed by atoms with Crippen LogP contribution in [0.1, 0.15) is 37.7 Å². The predicted molar refractivity (Wildman–Crippen MR) is 114 cm³/mol. The number of nitrogens with zero attached hydrogens (tertiary/aromatic N) is 3. The number of amidine groups is 1. The molecule has 2 fully saturated rings. The van der Waals surface area contributed by atoms with E-state index in [0.29, 0.717) is 26.3 Å². The van der Waals surface area contributed by atoms with E-state index in [4.69, 9.17) is 11.6 Å². The summed E-state index contributed by atoms with van der Waals surface area (Å²) in [5.41, 5.74) is 1.21. The molecular weight excluding hydrogens is 394 g/mol. The van der Waals surface area contributed by atoms with Gasteiger partial charge < -0.3 is 5.11 Å². The van der Waals surface area contributed by atoms with Crippen molar-refractivity contribution in [3.63, 3.8) is 0 Å². The normalized spacial score (nSPS) is 21.0. The summed E-state index contributed by atoms with van der Waals surface area (Å²) >= 11 is 7.55. The number of amides is 1. The van der Waals surface area contributed by atoms with Gasteiger partial charge in [-0.05, 0) is 42.8 Å². The van der Waals surface area contributed by atoms with Crippen molar-refractivity contribution in [2.75, 3.05) is 0 Å². The summed E-state index contributed by atoms with van der Waals surface area (Å²) < 4.78 is 0. The maximum atomic E-state index is 13.2. The number of rotatable bonds is 3. The number of para-hydroxylation sites is 1. The van der Waals surface area contributed by atoms with E-state index in [1.807, 2.05) is 11.0 Å². The first-order chi connectivity index (χ1) is 13.6. The third-order valence-electron chi connectivity index (χ3n) is 4.97. The monoisotopic (exact) mass is 413 g/mol. The lowest BCUT2D eigenvalue weighted by atomic mass is 9.94. The molecule has 2 aromatic rings. The quantitative estimate of drug-likeness (QED) is 0.686. The lowest BCUT2D eigenvalue weighted by Crippen LogP contribution is -2.40. The minimum absolute atomic E-state index is 0.0657. The molecule has 0 spiro atoms. The third-order valence-corrected chi connectivity index (χ3v) is 6.24. The number of hydrogen-bond acceptors (Lipinski definition) is 5. The summed E-state index contributed by atoms with van der Waals surface area (Å²) in [7, 11) is 0. The highest BCUT2D eigenvalue weighted by atomic mass is 35.5. The van der Waals surface area contributed by atoms with E-state index in [2.05, 4.69) is 9.98 Å². The Kier molecular flexibility index (Phi) is 5.69. The van der Waals surface area contributed by atoms with Crippen molar-refractivity contribution in [2.45, 2.75) is 38.1 Å². The number of aromatic hydroxyl groups is 1. The van der Waals surface area contributed by atoms with Crippen molar-refractivity contribution < 1.29 is 9.90 Å². The largest absolute Gasteiger partial charge is 0.507 e. The van der Waals surface area contributed by atoms with Crippen molar-refractivity contribution >= 4 is 46.2 Å². The number of carbonyl (C=O) groups excluding carboxylic acids is 1. The Bertz CT molecular complexity index is 954. The number of benzene rings is 1. The Morgan fingerprint density at radius 2 is 2.00 bits per heavy atom. The van der Waals surface area contributed by atoms with Crippen LogP contribution < -0.4 is 0 Å². The fraction of sp³-hybridized carbons (Fsp3) is 0.286. The Hall–Kier alpha value is -2.31. The minimum Gasteiger partial charge on any atom is -0.507 e. The number of aromatic nitrogens is 1. The molecule has 2 aliphatic rings. The van der Waals surface area contributed by atoms with E-state index in [9.17, 15) is 9.90 Å². The van der Waals surface area contributed by atoms with Crippen LogP contribution in [0.5, 0.6) is 5.75 Å². The number of hydrogen-bond donors (Lipinski definition) is 1. The van der Waals surface area contributed by atoms with E-state index in [-0.39, 0.29) is 17.7 Å². The van der Waals surface area contributed by atoms with Crippen LogP contribution in [0.25, 0.3) is 6.08 Å². The summed E-state index contributed by atoms with van der Waals surface area (Å²) in [6.45, 7) is 0. The number of phenolic OH excluding ortho intramolecular Hbond substituents is 1. The van der Waals surface area contributed by atoms with Crippen LogP contribution >= 0.6 is 23.4 Å². The molecule has 1 aliphatic carbocycles. The molecule has 1 N–H and O–H groups in total. The SMILES string of the molecule is O=C1/C(=C/c2ccccc2O)SC(=Nc2ccncc2Cl)N1C1CCCCC1. The number of aliphatic imine (C=N–C) groups is 1. The van der Waals surface area contributed by atoms with E-state index in [0.717, 1.165) is 25.7 Å². The second-order valence-electron chi connectivity index (χ2n) is 6.86. The summed E-state index contributed by atoms with van der Waals surface area (Å²) in [4.78, 5) is 24.3. The van der Waals surface area contributed by atoms with Gasteiger partial charge in [0.2, 0.25) is 0 Å². The molecule has 1 aromatic carbocycles. The second-order valence-corrected chi connectivity index (χ2v) is 8.27. The third kappa shape index (κ3) is 3.93. The number of carbonyl (C=O) groups is 1. The topological polar surface area (TPSA) is 65.8 Å². The van der Waals surface area contributed by atoms with Gasteiger partial charge in [-0.15, -0.1) is 0 Å². The highest BCUT2D eigenvalue weighted by molar-refractivity contribution is 8.18. The average Bonchev–Trinajstić information content (AvgIpc) is 3.01. The van der Waals surface area contributed by atoms with Crippen molar-refractivity contribution in [1.82, 2.24) is 9.88 Å². The van der Waals surface area contributed by atoms with Crippen LogP contribution in [0.4, 0.5) is 5.69 Å². The van der Waals surface area contributed by atoms with Crippen LogP contribution in [0.2, 0.25) is 5.02 Å². The second kappa shape index (κ2) is 8.37. The van der Waals surface area contributed by atoms with Crippen molar-refractivity contribution in [2.24, 2.45) is 4.99 Å². The Morgan fingerprint density at radius 3 is 2.75 bits per heavy atom. The van der Waals surface area contributed by atoms with Gasteiger partial charge in [0.05, 0.1) is 15.6 Å². The lowest BCUT2D eigenvalue weighted by Gasteiger charge is -2.30. The standard InChI is InChI=1S/C21H20ClN3O2S/c22-16-13-23-11-10-17(16)24-21-25(15-7-2-1-3-8-15)20(27)19(28-21)12-14-6-4-5-9-18(14)26/h4-6,9-13,15,26H,1-3,7-8H2/b19-12-,24-21?. The molecule has 0 unspecified atom stereocenters. The van der Waals surface area contributed by atoms with Gasteiger partial charge in [0.1, 0.15) is 5.75 Å². The summed E-state index contributed by atoms with van der Waals surface area (Å²) in [6.07, 6.45) is 10.3. The molecule has 7 heteroatoms. The van der Waals surface area contributed by atoms with Crippen LogP contribution in [0.3, 0.4) is 0 Å². The van der Waals surface area contributed by atoms with Crippen molar-refractivity contribution in [1.29, 1.82) is 0 Å². The number of halogens is 1. The molecular formula is C21H20ClN3O2S. The molecule has 4 rings (SSSR count). The molecule has 1 amide bonds. The van der Waals surface area contributed by atoms with Crippen molar-refractivity contribution in [3.8, 4) is 5.75 Å². The molecule has 5 nitrogen and oxygen atoms in total. The van der Waals surface area contributed by atoms with Gasteiger partial charge in [-0.1, -0.05) is 49.1 Å². The van der Waals surface area contributed by atoms with Gasteiger partial charge >= 0.3 is 0 Å². The zero-order valence-electron chi connectivity index (χ0n) is 15.2. The Morgan fingerprint density at radius 1 is 1.21 bits per heavy atom. The first-order valence-electron chi connectivity index (χ1n) is 9.33. The summed E-state index contributed by atoms with van der Waals surface area (Å²) in [5, 5.41) is 11.2. The zero-order valence-corrected chi connectivity index (χ0v) is 16.8. The summed E-state index contributed by atoms with van der Waals surface area (Å²) in [6, 6.07) is 8.87. The van der Waals surface area contributed by atoms with E-state index in [1.54, 1.807) is 42.7 Å². The Labute approximate surface area is 173 Å².